The predicted molar refractivity (Wildman–Crippen MR) is 54.7 cm³/mol. The molecular formula is C9H20O2S. The molecule has 0 atom stereocenters. The highest BCUT2D eigenvalue weighted by Crippen LogP contribution is 2.20. The van der Waals surface area contributed by atoms with Crippen molar-refractivity contribution < 1.29 is 9.84 Å². The van der Waals surface area contributed by atoms with E-state index in [1.165, 1.54) is 0 Å². The first-order valence-electron chi connectivity index (χ1n) is 4.47. The number of rotatable bonds is 7. The van der Waals surface area contributed by atoms with Crippen molar-refractivity contribution in [2.24, 2.45) is 0 Å². The van der Waals surface area contributed by atoms with E-state index in [1.807, 2.05) is 13.8 Å². The molecule has 0 fully saturated rings. The summed E-state index contributed by atoms with van der Waals surface area (Å²) >= 11 is 1.76. The molecule has 0 aliphatic carbocycles. The second kappa shape index (κ2) is 6.75. The first kappa shape index (κ1) is 12.3. The van der Waals surface area contributed by atoms with Crippen molar-refractivity contribution in [1.82, 2.24) is 0 Å². The predicted octanol–water partition coefficient (Wildman–Crippen LogP) is 1.92. The van der Waals surface area contributed by atoms with Gasteiger partial charge in [-0.2, -0.15) is 11.8 Å². The van der Waals surface area contributed by atoms with Crippen LogP contribution in [-0.4, -0.2) is 35.9 Å². The van der Waals surface area contributed by atoms with Crippen molar-refractivity contribution in [3.05, 3.63) is 0 Å². The molecule has 0 saturated heterocycles. The smallest absolute Gasteiger partial charge is 0.0732 e. The van der Waals surface area contributed by atoms with Crippen LogP contribution in [0.3, 0.4) is 0 Å². The molecule has 0 bridgehead atoms. The molecule has 0 radical (unpaired) electrons. The molecule has 2 nitrogen and oxygen atoms in total. The van der Waals surface area contributed by atoms with Crippen molar-refractivity contribution in [2.45, 2.75) is 32.3 Å². The van der Waals surface area contributed by atoms with Gasteiger partial charge in [0, 0.05) is 18.6 Å². The fourth-order valence-corrected chi connectivity index (χ4v) is 2.08. The monoisotopic (exact) mass is 192 g/mol. The van der Waals surface area contributed by atoms with Crippen LogP contribution in [0.1, 0.15) is 26.7 Å². The third-order valence-corrected chi connectivity index (χ3v) is 3.32. The standard InChI is InChI=1S/C9H20O2S/c1-4-9(10,5-2)8-12-7-6-11-3/h10H,4-8H2,1-3H3. The van der Waals surface area contributed by atoms with Gasteiger partial charge in [0.1, 0.15) is 0 Å². The van der Waals surface area contributed by atoms with Crippen LogP contribution in [0.2, 0.25) is 0 Å². The number of hydrogen-bond donors (Lipinski definition) is 1. The summed E-state index contributed by atoms with van der Waals surface area (Å²) in [6.07, 6.45) is 1.67. The van der Waals surface area contributed by atoms with Crippen LogP contribution in [0.15, 0.2) is 0 Å². The fourth-order valence-electron chi connectivity index (χ4n) is 0.859. The second-order valence-electron chi connectivity index (χ2n) is 2.98. The highest BCUT2D eigenvalue weighted by molar-refractivity contribution is 7.99. The van der Waals surface area contributed by atoms with Gasteiger partial charge in [-0.3, -0.25) is 0 Å². The summed E-state index contributed by atoms with van der Waals surface area (Å²) in [7, 11) is 1.70. The summed E-state index contributed by atoms with van der Waals surface area (Å²) in [4.78, 5) is 0. The van der Waals surface area contributed by atoms with Crippen molar-refractivity contribution in [1.29, 1.82) is 0 Å². The Morgan fingerprint density at radius 1 is 1.33 bits per heavy atom. The van der Waals surface area contributed by atoms with Gasteiger partial charge < -0.3 is 9.84 Å². The number of methoxy groups -OCH3 is 1. The maximum atomic E-state index is 9.87. The van der Waals surface area contributed by atoms with E-state index in [-0.39, 0.29) is 0 Å². The van der Waals surface area contributed by atoms with E-state index in [0.717, 1.165) is 31.0 Å². The normalized spacial score (nSPS) is 12.0. The third kappa shape index (κ3) is 5.01. The minimum Gasteiger partial charge on any atom is -0.389 e. The summed E-state index contributed by atoms with van der Waals surface area (Å²) in [5.74, 6) is 1.79. The molecule has 0 saturated carbocycles. The van der Waals surface area contributed by atoms with Crippen LogP contribution in [0.25, 0.3) is 0 Å². The van der Waals surface area contributed by atoms with Gasteiger partial charge in [-0.15, -0.1) is 0 Å². The Morgan fingerprint density at radius 2 is 1.92 bits per heavy atom. The highest BCUT2D eigenvalue weighted by atomic mass is 32.2. The fraction of sp³-hybridized carbons (Fsp3) is 1.00. The topological polar surface area (TPSA) is 29.5 Å². The van der Waals surface area contributed by atoms with E-state index in [2.05, 4.69) is 0 Å². The molecule has 0 unspecified atom stereocenters. The lowest BCUT2D eigenvalue weighted by Crippen LogP contribution is -2.29. The molecule has 0 aromatic rings. The molecule has 0 heterocycles. The Hall–Kier alpha value is 0.270. The van der Waals surface area contributed by atoms with Crippen LogP contribution in [0.4, 0.5) is 0 Å². The first-order valence-corrected chi connectivity index (χ1v) is 5.63. The molecule has 0 amide bonds. The maximum Gasteiger partial charge on any atom is 0.0732 e. The summed E-state index contributed by atoms with van der Waals surface area (Å²) in [6, 6.07) is 0. The summed E-state index contributed by atoms with van der Waals surface area (Å²) in [5, 5.41) is 9.87. The molecule has 12 heavy (non-hydrogen) atoms. The van der Waals surface area contributed by atoms with Crippen LogP contribution in [0, 0.1) is 0 Å². The molecule has 3 heteroatoms. The number of thioether (sulfide) groups is 1. The Bertz CT molecular complexity index is 103. The van der Waals surface area contributed by atoms with Crippen LogP contribution in [0.5, 0.6) is 0 Å². The van der Waals surface area contributed by atoms with Crippen molar-refractivity contribution in [3.8, 4) is 0 Å². The molecule has 0 spiro atoms. The quantitative estimate of drug-likeness (QED) is 0.625. The van der Waals surface area contributed by atoms with Gasteiger partial charge in [-0.1, -0.05) is 13.8 Å². The number of ether oxygens (including phenoxy) is 1. The number of aliphatic hydroxyl groups is 1. The van der Waals surface area contributed by atoms with Crippen LogP contribution in [-0.2, 0) is 4.74 Å². The summed E-state index contributed by atoms with van der Waals surface area (Å²) in [5.41, 5.74) is -0.460. The van der Waals surface area contributed by atoms with E-state index < -0.39 is 5.60 Å². The average molecular weight is 192 g/mol. The zero-order valence-corrected chi connectivity index (χ0v) is 9.12. The lowest BCUT2D eigenvalue weighted by molar-refractivity contribution is 0.0571. The largest absolute Gasteiger partial charge is 0.389 e. The van der Waals surface area contributed by atoms with E-state index >= 15 is 0 Å². The Balaban J connectivity index is 3.45. The maximum absolute atomic E-state index is 9.87. The summed E-state index contributed by atoms with van der Waals surface area (Å²) in [6.45, 7) is 4.83. The number of hydrogen-bond acceptors (Lipinski definition) is 3. The molecular weight excluding hydrogens is 172 g/mol. The lowest BCUT2D eigenvalue weighted by atomic mass is 10.0. The molecule has 0 aromatic carbocycles. The van der Waals surface area contributed by atoms with Gasteiger partial charge in [0.25, 0.3) is 0 Å². The molecule has 1 N–H and O–H groups in total. The van der Waals surface area contributed by atoms with Gasteiger partial charge in [0.2, 0.25) is 0 Å². The molecule has 0 aliphatic heterocycles. The van der Waals surface area contributed by atoms with Crippen molar-refractivity contribution >= 4 is 11.8 Å². The highest BCUT2D eigenvalue weighted by Gasteiger charge is 2.21. The Labute approximate surface area is 79.7 Å². The van der Waals surface area contributed by atoms with Gasteiger partial charge in [-0.25, -0.2) is 0 Å². The Morgan fingerprint density at radius 3 is 2.33 bits per heavy atom. The molecule has 74 valence electrons. The van der Waals surface area contributed by atoms with Crippen molar-refractivity contribution in [3.63, 3.8) is 0 Å². The van der Waals surface area contributed by atoms with E-state index in [1.54, 1.807) is 18.9 Å². The minimum absolute atomic E-state index is 0.460. The van der Waals surface area contributed by atoms with Crippen LogP contribution >= 0.6 is 11.8 Å². The first-order chi connectivity index (χ1) is 5.68. The van der Waals surface area contributed by atoms with Gasteiger partial charge >= 0.3 is 0 Å². The van der Waals surface area contributed by atoms with Crippen LogP contribution < -0.4 is 0 Å². The van der Waals surface area contributed by atoms with Crippen molar-refractivity contribution in [2.75, 3.05) is 25.2 Å². The van der Waals surface area contributed by atoms with E-state index in [9.17, 15) is 5.11 Å². The zero-order valence-electron chi connectivity index (χ0n) is 8.30. The van der Waals surface area contributed by atoms with E-state index in [0.29, 0.717) is 0 Å². The molecule has 0 aliphatic rings. The van der Waals surface area contributed by atoms with Gasteiger partial charge in [0.05, 0.1) is 12.2 Å². The van der Waals surface area contributed by atoms with Gasteiger partial charge in [0.15, 0.2) is 0 Å². The van der Waals surface area contributed by atoms with E-state index in [4.69, 9.17) is 4.74 Å². The zero-order chi connectivity index (χ0) is 9.45. The average Bonchev–Trinajstić information content (AvgIpc) is 2.12. The lowest BCUT2D eigenvalue weighted by Gasteiger charge is -2.24. The summed E-state index contributed by atoms with van der Waals surface area (Å²) < 4.78 is 4.92. The molecule has 0 rings (SSSR count). The van der Waals surface area contributed by atoms with Gasteiger partial charge in [-0.05, 0) is 12.8 Å². The SMILES string of the molecule is CCC(O)(CC)CSCCOC. The second-order valence-corrected chi connectivity index (χ2v) is 4.08. The third-order valence-electron chi connectivity index (χ3n) is 2.12. The molecule has 0 aromatic heterocycles. The Kier molecular flexibility index (Phi) is 6.90. The minimum atomic E-state index is -0.460.